The lowest BCUT2D eigenvalue weighted by molar-refractivity contribution is -0.115. The molecule has 0 heterocycles. The molecule has 9 heavy (non-hydrogen) atoms. The number of hydrogen-bond donors (Lipinski definition) is 1. The topological polar surface area (TPSA) is 29.1 Å². The van der Waals surface area contributed by atoms with Gasteiger partial charge in [-0.3, -0.25) is 4.79 Å². The Morgan fingerprint density at radius 2 is 2.44 bits per heavy atom. The molecule has 0 fully saturated rings. The maximum atomic E-state index is 10.5. The fraction of sp³-hybridized carbons (Fsp3) is 0.500. The van der Waals surface area contributed by atoms with Gasteiger partial charge in [0.15, 0.2) is 0 Å². The second-order valence-electron chi connectivity index (χ2n) is 1.48. The van der Waals surface area contributed by atoms with Gasteiger partial charge in [0.25, 0.3) is 5.91 Å². The summed E-state index contributed by atoms with van der Waals surface area (Å²) in [6.07, 6.45) is 0.940. The number of hydrogen-bond acceptors (Lipinski definition) is 1. The maximum absolute atomic E-state index is 10.5. The van der Waals surface area contributed by atoms with Crippen molar-refractivity contribution in [2.75, 3.05) is 6.54 Å². The second kappa shape index (κ2) is 5.64. The summed E-state index contributed by atoms with van der Waals surface area (Å²) in [6.45, 7) is 2.68. The Hall–Kier alpha value is -0.490. The Morgan fingerprint density at radius 3 is 2.89 bits per heavy atom. The van der Waals surface area contributed by atoms with Crippen molar-refractivity contribution in [3.63, 3.8) is 0 Å². The number of amides is 1. The van der Waals surface area contributed by atoms with Gasteiger partial charge in [0, 0.05) is 28.4 Å². The monoisotopic (exact) mass is 189 g/mol. The SMILES string of the molecule is CCCNC(=O)C#CBr. The summed E-state index contributed by atoms with van der Waals surface area (Å²) < 4.78 is 0. The Morgan fingerprint density at radius 1 is 1.78 bits per heavy atom. The van der Waals surface area contributed by atoms with E-state index in [4.69, 9.17) is 0 Å². The van der Waals surface area contributed by atoms with Crippen LogP contribution in [0.25, 0.3) is 0 Å². The van der Waals surface area contributed by atoms with Crippen molar-refractivity contribution in [2.24, 2.45) is 0 Å². The van der Waals surface area contributed by atoms with Gasteiger partial charge < -0.3 is 5.32 Å². The summed E-state index contributed by atoms with van der Waals surface area (Å²) in [6, 6.07) is 0. The summed E-state index contributed by atoms with van der Waals surface area (Å²) in [5.41, 5.74) is 0. The van der Waals surface area contributed by atoms with Gasteiger partial charge in [0.2, 0.25) is 0 Å². The Kier molecular flexibility index (Phi) is 5.34. The molecule has 0 bridgehead atoms. The third kappa shape index (κ3) is 5.38. The van der Waals surface area contributed by atoms with Gasteiger partial charge in [0.05, 0.1) is 0 Å². The largest absolute Gasteiger partial charge is 0.345 e. The average molecular weight is 190 g/mol. The van der Waals surface area contributed by atoms with Crippen molar-refractivity contribution < 1.29 is 4.79 Å². The molecule has 0 radical (unpaired) electrons. The molecule has 0 aromatic heterocycles. The summed E-state index contributed by atoms with van der Waals surface area (Å²) in [5, 5.41) is 2.59. The minimum absolute atomic E-state index is 0.228. The zero-order valence-corrected chi connectivity index (χ0v) is 6.79. The Bertz CT molecular complexity index is 145. The first-order chi connectivity index (χ1) is 4.31. The van der Waals surface area contributed by atoms with Crippen LogP contribution in [0.5, 0.6) is 0 Å². The normalized spacial score (nSPS) is 7.33. The molecule has 0 aliphatic heterocycles. The summed E-state index contributed by atoms with van der Waals surface area (Å²) >= 11 is 2.82. The molecule has 0 saturated carbocycles. The summed E-state index contributed by atoms with van der Waals surface area (Å²) in [7, 11) is 0. The lowest BCUT2D eigenvalue weighted by atomic mass is 10.5. The predicted molar refractivity (Wildman–Crippen MR) is 40.0 cm³/mol. The van der Waals surface area contributed by atoms with Crippen molar-refractivity contribution in [2.45, 2.75) is 13.3 Å². The van der Waals surface area contributed by atoms with Gasteiger partial charge in [0.1, 0.15) is 0 Å². The van der Waals surface area contributed by atoms with Crippen LogP contribution in [0.3, 0.4) is 0 Å². The molecule has 0 aliphatic rings. The Balaban J connectivity index is 3.35. The minimum atomic E-state index is -0.228. The second-order valence-corrected chi connectivity index (χ2v) is 1.87. The fourth-order valence-electron chi connectivity index (χ4n) is 0.326. The van der Waals surface area contributed by atoms with E-state index in [-0.39, 0.29) is 5.91 Å². The van der Waals surface area contributed by atoms with Gasteiger partial charge in [-0.1, -0.05) is 6.92 Å². The number of halogens is 1. The molecule has 1 amide bonds. The van der Waals surface area contributed by atoms with Crippen molar-refractivity contribution in [1.29, 1.82) is 0 Å². The van der Waals surface area contributed by atoms with E-state index in [0.717, 1.165) is 6.42 Å². The van der Waals surface area contributed by atoms with Crippen LogP contribution in [0.2, 0.25) is 0 Å². The van der Waals surface area contributed by atoms with Crippen LogP contribution in [-0.4, -0.2) is 12.5 Å². The Labute approximate surface area is 63.1 Å². The molecule has 0 aromatic carbocycles. The molecule has 3 heteroatoms. The highest BCUT2D eigenvalue weighted by molar-refractivity contribution is 9.12. The standard InChI is InChI=1S/C6H8BrNO/c1-2-5-8-6(9)3-4-7/h2,5H2,1H3,(H,8,9). The van der Waals surface area contributed by atoms with Crippen molar-refractivity contribution in [3.05, 3.63) is 0 Å². The summed E-state index contributed by atoms with van der Waals surface area (Å²) in [4.78, 5) is 12.8. The van der Waals surface area contributed by atoms with Crippen LogP contribution in [0.1, 0.15) is 13.3 Å². The van der Waals surface area contributed by atoms with Crippen LogP contribution in [0.4, 0.5) is 0 Å². The molecule has 0 unspecified atom stereocenters. The first-order valence-corrected chi connectivity index (χ1v) is 3.50. The first-order valence-electron chi connectivity index (χ1n) is 2.70. The number of carbonyl (C=O) groups is 1. The zero-order chi connectivity index (χ0) is 7.11. The number of carbonyl (C=O) groups excluding carboxylic acids is 1. The van der Waals surface area contributed by atoms with Crippen molar-refractivity contribution in [3.8, 4) is 10.8 Å². The van der Waals surface area contributed by atoms with E-state index >= 15 is 0 Å². The van der Waals surface area contributed by atoms with Gasteiger partial charge in [-0.05, 0) is 11.3 Å². The highest BCUT2D eigenvalue weighted by Crippen LogP contribution is 1.72. The van der Waals surface area contributed by atoms with Gasteiger partial charge in [-0.15, -0.1) is 0 Å². The van der Waals surface area contributed by atoms with Crippen LogP contribution < -0.4 is 5.32 Å². The van der Waals surface area contributed by atoms with Crippen LogP contribution in [0.15, 0.2) is 0 Å². The quantitative estimate of drug-likeness (QED) is 0.643. The van der Waals surface area contributed by atoms with Crippen LogP contribution >= 0.6 is 15.9 Å². The molecule has 0 saturated heterocycles. The molecular formula is C6H8BrNO. The minimum Gasteiger partial charge on any atom is -0.345 e. The van der Waals surface area contributed by atoms with Crippen molar-refractivity contribution in [1.82, 2.24) is 5.32 Å². The van der Waals surface area contributed by atoms with Crippen LogP contribution in [0, 0.1) is 10.8 Å². The zero-order valence-electron chi connectivity index (χ0n) is 5.20. The lowest BCUT2D eigenvalue weighted by Crippen LogP contribution is -2.21. The van der Waals surface area contributed by atoms with E-state index < -0.39 is 0 Å². The fourth-order valence-corrected chi connectivity index (χ4v) is 0.506. The molecular weight excluding hydrogens is 182 g/mol. The number of nitrogens with one attached hydrogen (secondary N) is 1. The predicted octanol–water partition coefficient (Wildman–Crippen LogP) is 0.868. The molecule has 1 N–H and O–H groups in total. The van der Waals surface area contributed by atoms with Gasteiger partial charge in [-0.2, -0.15) is 0 Å². The smallest absolute Gasteiger partial charge is 0.296 e. The van der Waals surface area contributed by atoms with E-state index in [1.807, 2.05) is 6.92 Å². The third-order valence-corrected chi connectivity index (χ3v) is 0.895. The van der Waals surface area contributed by atoms with Gasteiger partial charge in [-0.25, -0.2) is 0 Å². The average Bonchev–Trinajstić information content (AvgIpc) is 1.85. The van der Waals surface area contributed by atoms with E-state index in [2.05, 4.69) is 32.0 Å². The van der Waals surface area contributed by atoms with Crippen LogP contribution in [-0.2, 0) is 4.79 Å². The highest BCUT2D eigenvalue weighted by Gasteiger charge is 1.88. The van der Waals surface area contributed by atoms with Gasteiger partial charge >= 0.3 is 0 Å². The molecule has 2 nitrogen and oxygen atoms in total. The van der Waals surface area contributed by atoms with E-state index in [1.54, 1.807) is 0 Å². The van der Waals surface area contributed by atoms with E-state index in [9.17, 15) is 4.79 Å². The molecule has 0 rings (SSSR count). The molecule has 0 aliphatic carbocycles. The highest BCUT2D eigenvalue weighted by atomic mass is 79.9. The number of rotatable bonds is 2. The van der Waals surface area contributed by atoms with E-state index in [1.165, 1.54) is 0 Å². The molecule has 0 spiro atoms. The maximum Gasteiger partial charge on any atom is 0.296 e. The third-order valence-electron chi connectivity index (χ3n) is 0.696. The summed E-state index contributed by atoms with van der Waals surface area (Å²) in [5.74, 6) is 2.07. The van der Waals surface area contributed by atoms with Crippen molar-refractivity contribution >= 4 is 21.8 Å². The first kappa shape index (κ1) is 8.51. The molecule has 50 valence electrons. The lowest BCUT2D eigenvalue weighted by Gasteiger charge is -1.93. The molecule has 0 aromatic rings. The molecule has 0 atom stereocenters. The van der Waals surface area contributed by atoms with E-state index in [0.29, 0.717) is 6.54 Å².